The molecule has 0 aliphatic carbocycles. The monoisotopic (exact) mass is 225 g/mol. The summed E-state index contributed by atoms with van der Waals surface area (Å²) in [5.41, 5.74) is 0. The molecule has 2 rings (SSSR count). The zero-order valence-electron chi connectivity index (χ0n) is 7.47. The van der Waals surface area contributed by atoms with E-state index in [1.54, 1.807) is 0 Å². The quantitative estimate of drug-likeness (QED) is 0.702. The zero-order chi connectivity index (χ0) is 10.7. The van der Waals surface area contributed by atoms with Crippen LogP contribution in [0.4, 0.5) is 5.13 Å². The smallest absolute Gasteiger partial charge is 0.347 e. The highest BCUT2D eigenvalue weighted by Crippen LogP contribution is 2.17. The number of carboxylic acids is 1. The molecule has 0 spiro atoms. The Balaban J connectivity index is 1.96. The van der Waals surface area contributed by atoms with Gasteiger partial charge in [0, 0.05) is 0 Å². The summed E-state index contributed by atoms with van der Waals surface area (Å²) in [6.07, 6.45) is 2.72. The van der Waals surface area contributed by atoms with E-state index in [-0.39, 0.29) is 4.88 Å². The Morgan fingerprint density at radius 1 is 1.60 bits per heavy atom. The van der Waals surface area contributed by atoms with Gasteiger partial charge in [-0.1, -0.05) is 11.3 Å². The van der Waals surface area contributed by atoms with Gasteiger partial charge in [-0.15, -0.1) is 0 Å². The van der Waals surface area contributed by atoms with Gasteiger partial charge in [0.1, 0.15) is 17.0 Å². The third-order valence-corrected chi connectivity index (χ3v) is 2.53. The summed E-state index contributed by atoms with van der Waals surface area (Å²) in [5.74, 6) is -0.303. The lowest BCUT2D eigenvalue weighted by Gasteiger charge is -1.96. The van der Waals surface area contributed by atoms with E-state index in [0.29, 0.717) is 17.5 Å². The molecule has 3 N–H and O–H groups in total. The topological polar surface area (TPSA) is 104 Å². The van der Waals surface area contributed by atoms with Crippen molar-refractivity contribution in [3.63, 3.8) is 0 Å². The number of aromatic nitrogens is 4. The van der Waals surface area contributed by atoms with Crippen molar-refractivity contribution < 1.29 is 9.90 Å². The van der Waals surface area contributed by atoms with E-state index in [0.717, 1.165) is 11.3 Å². The largest absolute Gasteiger partial charge is 0.477 e. The zero-order valence-corrected chi connectivity index (χ0v) is 8.28. The standard InChI is InChI=1S/C7H7N5O2S/c13-6(14)4-1-8-7(15-4)9-2-5-10-3-11-12-5/h1,3H,2H2,(H,8,9)(H,13,14)(H,10,11,12). The molecule has 2 aromatic heterocycles. The number of rotatable bonds is 4. The summed E-state index contributed by atoms with van der Waals surface area (Å²) < 4.78 is 0. The predicted octanol–water partition coefficient (Wildman–Crippen LogP) is 0.571. The van der Waals surface area contributed by atoms with E-state index in [1.165, 1.54) is 12.5 Å². The third kappa shape index (κ3) is 2.29. The van der Waals surface area contributed by atoms with Crippen molar-refractivity contribution in [2.75, 3.05) is 5.32 Å². The lowest BCUT2D eigenvalue weighted by molar-refractivity contribution is 0.0702. The van der Waals surface area contributed by atoms with Crippen LogP contribution in [0.15, 0.2) is 12.5 Å². The second kappa shape index (κ2) is 4.05. The maximum atomic E-state index is 10.6. The lowest BCUT2D eigenvalue weighted by Crippen LogP contribution is -2.00. The van der Waals surface area contributed by atoms with Crippen LogP contribution < -0.4 is 5.32 Å². The fraction of sp³-hybridized carbons (Fsp3) is 0.143. The molecule has 15 heavy (non-hydrogen) atoms. The van der Waals surface area contributed by atoms with Crippen molar-refractivity contribution in [1.29, 1.82) is 0 Å². The lowest BCUT2D eigenvalue weighted by atomic mass is 10.6. The Hall–Kier alpha value is -1.96. The Morgan fingerprint density at radius 3 is 3.07 bits per heavy atom. The number of aromatic carboxylic acids is 1. The van der Waals surface area contributed by atoms with Crippen molar-refractivity contribution in [2.45, 2.75) is 6.54 Å². The van der Waals surface area contributed by atoms with E-state index in [2.05, 4.69) is 25.5 Å². The molecule has 0 aliphatic rings. The molecular weight excluding hydrogens is 218 g/mol. The highest BCUT2D eigenvalue weighted by atomic mass is 32.1. The molecule has 2 heterocycles. The molecule has 2 aromatic rings. The summed E-state index contributed by atoms with van der Waals surface area (Å²) in [4.78, 5) is 18.6. The number of H-pyrrole nitrogens is 1. The molecule has 0 fully saturated rings. The van der Waals surface area contributed by atoms with E-state index >= 15 is 0 Å². The van der Waals surface area contributed by atoms with Crippen LogP contribution in [0.1, 0.15) is 15.5 Å². The van der Waals surface area contributed by atoms with E-state index in [4.69, 9.17) is 5.11 Å². The van der Waals surface area contributed by atoms with Gasteiger partial charge in [0.25, 0.3) is 0 Å². The second-order valence-corrected chi connectivity index (χ2v) is 3.65. The van der Waals surface area contributed by atoms with Gasteiger partial charge in [0.15, 0.2) is 5.13 Å². The molecule has 0 radical (unpaired) electrons. The maximum Gasteiger partial charge on any atom is 0.347 e. The number of hydrogen-bond acceptors (Lipinski definition) is 6. The Morgan fingerprint density at radius 2 is 2.47 bits per heavy atom. The SMILES string of the molecule is O=C(O)c1cnc(NCc2ncn[nH]2)s1. The van der Waals surface area contributed by atoms with E-state index < -0.39 is 5.97 Å². The fourth-order valence-corrected chi connectivity index (χ4v) is 1.58. The van der Waals surface area contributed by atoms with Gasteiger partial charge in [0.05, 0.1) is 12.7 Å². The average Bonchev–Trinajstić information content (AvgIpc) is 2.86. The minimum absolute atomic E-state index is 0.204. The molecule has 0 atom stereocenters. The summed E-state index contributed by atoms with van der Waals surface area (Å²) in [6.45, 7) is 0.437. The van der Waals surface area contributed by atoms with Crippen molar-refractivity contribution in [3.8, 4) is 0 Å². The first-order valence-corrected chi connectivity index (χ1v) is 4.84. The van der Waals surface area contributed by atoms with Crippen LogP contribution in [0.3, 0.4) is 0 Å². The first-order valence-electron chi connectivity index (χ1n) is 4.03. The Bertz CT molecular complexity index is 452. The molecule has 78 valence electrons. The van der Waals surface area contributed by atoms with Gasteiger partial charge in [-0.3, -0.25) is 5.10 Å². The molecule has 0 saturated heterocycles. The third-order valence-electron chi connectivity index (χ3n) is 1.59. The van der Waals surface area contributed by atoms with Crippen molar-refractivity contribution in [2.24, 2.45) is 0 Å². The fourth-order valence-electron chi connectivity index (χ4n) is 0.930. The number of aromatic amines is 1. The van der Waals surface area contributed by atoms with Crippen LogP contribution >= 0.6 is 11.3 Å². The summed E-state index contributed by atoms with van der Waals surface area (Å²) in [7, 11) is 0. The first kappa shape index (κ1) is 9.59. The van der Waals surface area contributed by atoms with Gasteiger partial charge in [-0.2, -0.15) is 5.10 Å². The summed E-state index contributed by atoms with van der Waals surface area (Å²) >= 11 is 1.08. The number of carboxylic acid groups (broad SMARTS) is 1. The van der Waals surface area contributed by atoms with Crippen LogP contribution in [0.25, 0.3) is 0 Å². The Kier molecular flexibility index (Phi) is 2.59. The molecule has 0 bridgehead atoms. The molecule has 0 aliphatic heterocycles. The maximum absolute atomic E-state index is 10.6. The van der Waals surface area contributed by atoms with Gasteiger partial charge in [0.2, 0.25) is 0 Å². The molecule has 0 saturated carbocycles. The van der Waals surface area contributed by atoms with Gasteiger partial charge in [-0.25, -0.2) is 14.8 Å². The Labute approximate surface area is 88.2 Å². The van der Waals surface area contributed by atoms with Crippen LogP contribution in [0, 0.1) is 0 Å². The van der Waals surface area contributed by atoms with Crippen molar-refractivity contribution in [1.82, 2.24) is 20.2 Å². The average molecular weight is 225 g/mol. The van der Waals surface area contributed by atoms with Gasteiger partial charge in [-0.05, 0) is 0 Å². The predicted molar refractivity (Wildman–Crippen MR) is 52.8 cm³/mol. The molecule has 0 aromatic carbocycles. The molecule has 8 heteroatoms. The minimum Gasteiger partial charge on any atom is -0.477 e. The summed E-state index contributed by atoms with van der Waals surface area (Å²) in [5, 5.41) is 18.5. The van der Waals surface area contributed by atoms with Crippen LogP contribution in [0.2, 0.25) is 0 Å². The van der Waals surface area contributed by atoms with Crippen LogP contribution in [-0.2, 0) is 6.54 Å². The van der Waals surface area contributed by atoms with Gasteiger partial charge < -0.3 is 10.4 Å². The number of thiazole rings is 1. The molecule has 0 amide bonds. The van der Waals surface area contributed by atoms with Gasteiger partial charge >= 0.3 is 5.97 Å². The van der Waals surface area contributed by atoms with Crippen LogP contribution in [0.5, 0.6) is 0 Å². The van der Waals surface area contributed by atoms with E-state index in [9.17, 15) is 4.79 Å². The number of anilines is 1. The highest BCUT2D eigenvalue weighted by Gasteiger charge is 2.08. The van der Waals surface area contributed by atoms with Crippen LogP contribution in [-0.4, -0.2) is 31.2 Å². The summed E-state index contributed by atoms with van der Waals surface area (Å²) in [6, 6.07) is 0. The normalized spacial score (nSPS) is 10.1. The minimum atomic E-state index is -0.972. The first-order chi connectivity index (χ1) is 7.25. The number of nitrogens with zero attached hydrogens (tertiary/aromatic N) is 3. The molecule has 0 unspecified atom stereocenters. The molecular formula is C7H7N5O2S. The molecule has 7 nitrogen and oxygen atoms in total. The van der Waals surface area contributed by atoms with Crippen molar-refractivity contribution in [3.05, 3.63) is 23.2 Å². The van der Waals surface area contributed by atoms with Crippen molar-refractivity contribution >= 4 is 22.4 Å². The van der Waals surface area contributed by atoms with E-state index in [1.807, 2.05) is 0 Å². The number of nitrogens with one attached hydrogen (secondary N) is 2. The highest BCUT2D eigenvalue weighted by molar-refractivity contribution is 7.17. The number of carbonyl (C=O) groups is 1. The number of hydrogen-bond donors (Lipinski definition) is 3. The second-order valence-electron chi connectivity index (χ2n) is 2.62.